The zero-order valence-corrected chi connectivity index (χ0v) is 9.07. The Bertz CT molecular complexity index is 384. The van der Waals surface area contributed by atoms with Crippen molar-refractivity contribution >= 4 is 30.0 Å². The van der Waals surface area contributed by atoms with Crippen LogP contribution in [0.25, 0.3) is 0 Å². The molecule has 0 spiro atoms. The molecule has 2 aliphatic rings. The van der Waals surface area contributed by atoms with Crippen LogP contribution in [0.4, 0.5) is 0 Å². The molecular formula is C9H10N2O4S. The van der Waals surface area contributed by atoms with E-state index in [0.29, 0.717) is 17.7 Å². The molecule has 2 fully saturated rings. The van der Waals surface area contributed by atoms with E-state index in [2.05, 4.69) is 11.9 Å². The van der Waals surface area contributed by atoms with E-state index in [4.69, 9.17) is 5.11 Å². The fourth-order valence-corrected chi connectivity index (χ4v) is 3.24. The minimum Gasteiger partial charge on any atom is -0.479 e. The van der Waals surface area contributed by atoms with Crippen molar-refractivity contribution < 1.29 is 19.5 Å². The first-order valence-electron chi connectivity index (χ1n) is 4.62. The van der Waals surface area contributed by atoms with Crippen molar-refractivity contribution in [1.29, 1.82) is 0 Å². The molecule has 2 N–H and O–H groups in total. The highest BCUT2D eigenvalue weighted by Crippen LogP contribution is 2.39. The van der Waals surface area contributed by atoms with Crippen LogP contribution in [0.3, 0.4) is 0 Å². The predicted octanol–water partition coefficient (Wildman–Crippen LogP) is -0.975. The van der Waals surface area contributed by atoms with Crippen molar-refractivity contribution in [2.45, 2.75) is 17.5 Å². The normalized spacial score (nSPS) is 32.8. The van der Waals surface area contributed by atoms with Crippen molar-refractivity contribution in [3.63, 3.8) is 0 Å². The molecule has 2 amide bonds. The van der Waals surface area contributed by atoms with Crippen LogP contribution in [0.5, 0.6) is 0 Å². The topological polar surface area (TPSA) is 86.7 Å². The molecule has 3 atom stereocenters. The van der Waals surface area contributed by atoms with Gasteiger partial charge in [-0.05, 0) is 5.57 Å². The van der Waals surface area contributed by atoms with Crippen LogP contribution in [0.15, 0.2) is 12.2 Å². The van der Waals surface area contributed by atoms with Crippen LogP contribution >= 0.6 is 11.8 Å². The summed E-state index contributed by atoms with van der Waals surface area (Å²) in [6.45, 7) is 3.66. The number of β-lactam (4-membered cyclic amide) rings is 1. The molecule has 2 heterocycles. The Kier molecular flexibility index (Phi) is 2.63. The van der Waals surface area contributed by atoms with Gasteiger partial charge in [0.25, 0.3) is 0 Å². The van der Waals surface area contributed by atoms with Crippen molar-refractivity contribution in [1.82, 2.24) is 10.2 Å². The maximum atomic E-state index is 11.6. The number of rotatable bonds is 3. The summed E-state index contributed by atoms with van der Waals surface area (Å²) in [5.74, 6) is -0.950. The maximum absolute atomic E-state index is 11.6. The minimum atomic E-state index is -1.08. The molecule has 2 saturated heterocycles. The Morgan fingerprint density at radius 2 is 2.38 bits per heavy atom. The van der Waals surface area contributed by atoms with Gasteiger partial charge in [0.2, 0.25) is 12.3 Å². The Labute approximate surface area is 95.7 Å². The monoisotopic (exact) mass is 242 g/mol. The molecule has 0 aromatic rings. The van der Waals surface area contributed by atoms with Gasteiger partial charge in [-0.2, -0.15) is 0 Å². The van der Waals surface area contributed by atoms with Gasteiger partial charge >= 0.3 is 5.97 Å². The van der Waals surface area contributed by atoms with Gasteiger partial charge in [0.1, 0.15) is 11.4 Å². The predicted molar refractivity (Wildman–Crippen MR) is 56.6 cm³/mol. The molecule has 0 aliphatic carbocycles. The number of hydrogen-bond donors (Lipinski definition) is 2. The van der Waals surface area contributed by atoms with E-state index in [-0.39, 0.29) is 11.3 Å². The first kappa shape index (κ1) is 11.0. The maximum Gasteiger partial charge on any atom is 0.330 e. The van der Waals surface area contributed by atoms with E-state index in [1.807, 2.05) is 0 Å². The number of carboxylic acids is 1. The van der Waals surface area contributed by atoms with Gasteiger partial charge in [-0.3, -0.25) is 9.59 Å². The van der Waals surface area contributed by atoms with Crippen molar-refractivity contribution in [2.24, 2.45) is 0 Å². The second-order valence-corrected chi connectivity index (χ2v) is 4.71. The average Bonchev–Trinajstić information content (AvgIpc) is 2.25. The Morgan fingerprint density at radius 3 is 2.94 bits per heavy atom. The highest BCUT2D eigenvalue weighted by Gasteiger charge is 2.55. The smallest absolute Gasteiger partial charge is 0.330 e. The molecule has 6 nitrogen and oxygen atoms in total. The fourth-order valence-electron chi connectivity index (χ4n) is 1.93. The molecule has 0 aromatic carbocycles. The molecule has 16 heavy (non-hydrogen) atoms. The van der Waals surface area contributed by atoms with Gasteiger partial charge in [-0.25, -0.2) is 4.79 Å². The third-order valence-electron chi connectivity index (χ3n) is 2.67. The number of thioether (sulfide) groups is 1. The quantitative estimate of drug-likeness (QED) is 0.377. The van der Waals surface area contributed by atoms with Gasteiger partial charge < -0.3 is 15.3 Å². The number of carbonyl (C=O) groups is 3. The zero-order valence-electron chi connectivity index (χ0n) is 8.25. The standard InChI is InChI=1S/C9H10N2O4S/c1-4-2-16-8-5(10-3-12)7(13)11(8)6(4)9(14)15/h3,5-6,8H,1-2H2,(H,10,12)(H,14,15). The molecule has 0 aromatic heterocycles. The molecule has 3 unspecified atom stereocenters. The summed E-state index contributed by atoms with van der Waals surface area (Å²) >= 11 is 1.41. The summed E-state index contributed by atoms with van der Waals surface area (Å²) in [6, 6.07) is -1.55. The lowest BCUT2D eigenvalue weighted by Gasteiger charge is -2.52. The Balaban J connectivity index is 2.19. The summed E-state index contributed by atoms with van der Waals surface area (Å²) in [7, 11) is 0. The average molecular weight is 242 g/mol. The second-order valence-electron chi connectivity index (χ2n) is 3.61. The van der Waals surface area contributed by atoms with Crippen LogP contribution in [-0.4, -0.2) is 51.5 Å². The molecule has 0 saturated carbocycles. The number of fused-ring (bicyclic) bond motifs is 1. The first-order chi connectivity index (χ1) is 7.57. The SMILES string of the molecule is C=C1CSC2C(NC=O)C(=O)N2C1C(=O)O. The third-order valence-corrected chi connectivity index (χ3v) is 4.04. The fraction of sp³-hybridized carbons (Fsp3) is 0.444. The molecule has 7 heteroatoms. The van der Waals surface area contributed by atoms with E-state index < -0.39 is 18.1 Å². The number of nitrogens with zero attached hydrogens (tertiary/aromatic N) is 1. The number of carbonyl (C=O) groups excluding carboxylic acids is 2. The second kappa shape index (κ2) is 3.82. The van der Waals surface area contributed by atoms with E-state index in [9.17, 15) is 14.4 Å². The number of hydrogen-bond acceptors (Lipinski definition) is 4. The van der Waals surface area contributed by atoms with E-state index in [0.717, 1.165) is 0 Å². The summed E-state index contributed by atoms with van der Waals surface area (Å²) < 4.78 is 0. The van der Waals surface area contributed by atoms with Crippen molar-refractivity contribution in [3.8, 4) is 0 Å². The molecule has 0 radical (unpaired) electrons. The minimum absolute atomic E-state index is 0.288. The highest BCUT2D eigenvalue weighted by atomic mass is 32.2. The number of amides is 2. The number of aliphatic carboxylic acids is 1. The third kappa shape index (κ3) is 1.39. The van der Waals surface area contributed by atoms with Crippen LogP contribution in [-0.2, 0) is 14.4 Å². The van der Waals surface area contributed by atoms with E-state index in [1.54, 1.807) is 0 Å². The lowest BCUT2D eigenvalue weighted by Crippen LogP contribution is -2.73. The van der Waals surface area contributed by atoms with Crippen LogP contribution in [0, 0.1) is 0 Å². The van der Waals surface area contributed by atoms with E-state index in [1.165, 1.54) is 16.7 Å². The Hall–Kier alpha value is -1.50. The lowest BCUT2D eigenvalue weighted by molar-refractivity contribution is -0.159. The number of carboxylic acid groups (broad SMARTS) is 1. The van der Waals surface area contributed by atoms with Crippen LogP contribution in [0.2, 0.25) is 0 Å². The van der Waals surface area contributed by atoms with Crippen LogP contribution < -0.4 is 5.32 Å². The largest absolute Gasteiger partial charge is 0.479 e. The highest BCUT2D eigenvalue weighted by molar-refractivity contribution is 8.00. The first-order valence-corrected chi connectivity index (χ1v) is 5.66. The molecule has 2 aliphatic heterocycles. The summed E-state index contributed by atoms with van der Waals surface area (Å²) in [4.78, 5) is 34.2. The number of nitrogens with one attached hydrogen (secondary N) is 1. The summed E-state index contributed by atoms with van der Waals surface area (Å²) in [6.07, 6.45) is 0.458. The van der Waals surface area contributed by atoms with Gasteiger partial charge in [-0.15, -0.1) is 11.8 Å². The summed E-state index contributed by atoms with van der Waals surface area (Å²) in [5.41, 5.74) is 0.506. The van der Waals surface area contributed by atoms with E-state index >= 15 is 0 Å². The zero-order chi connectivity index (χ0) is 11.9. The molecule has 86 valence electrons. The summed E-state index contributed by atoms with van der Waals surface area (Å²) in [5, 5.41) is 11.1. The molecule has 2 rings (SSSR count). The van der Waals surface area contributed by atoms with Gasteiger partial charge in [0.15, 0.2) is 6.04 Å². The molecular weight excluding hydrogens is 232 g/mol. The van der Waals surface area contributed by atoms with Crippen LogP contribution in [0.1, 0.15) is 0 Å². The Morgan fingerprint density at radius 1 is 1.69 bits per heavy atom. The van der Waals surface area contributed by atoms with Crippen molar-refractivity contribution in [2.75, 3.05) is 5.75 Å². The lowest BCUT2D eigenvalue weighted by atomic mass is 9.99. The molecule has 0 bridgehead atoms. The van der Waals surface area contributed by atoms with Crippen molar-refractivity contribution in [3.05, 3.63) is 12.2 Å². The van der Waals surface area contributed by atoms with Gasteiger partial charge in [0.05, 0.1) is 0 Å². The van der Waals surface area contributed by atoms with Gasteiger partial charge in [-0.1, -0.05) is 6.58 Å². The van der Waals surface area contributed by atoms with Gasteiger partial charge in [0, 0.05) is 5.75 Å².